The van der Waals surface area contributed by atoms with Crippen molar-refractivity contribution in [3.63, 3.8) is 0 Å². The Balaban J connectivity index is 0.000000300. The van der Waals surface area contributed by atoms with Gasteiger partial charge in [0.25, 0.3) is 0 Å². The minimum absolute atomic E-state index is 0.185. The average Bonchev–Trinajstić information content (AvgIpc) is 2.76. The molecule has 0 aromatic carbocycles. The van der Waals surface area contributed by atoms with Gasteiger partial charge in [-0.1, -0.05) is 0 Å². The number of carbonyl (C=O) groups excluding carboxylic acids is 2. The van der Waals surface area contributed by atoms with Crippen molar-refractivity contribution in [2.75, 3.05) is 34.0 Å². The van der Waals surface area contributed by atoms with Crippen LogP contribution >= 0.6 is 0 Å². The highest BCUT2D eigenvalue weighted by Crippen LogP contribution is 2.18. The van der Waals surface area contributed by atoms with Gasteiger partial charge >= 0.3 is 24.1 Å². The van der Waals surface area contributed by atoms with E-state index >= 15 is 0 Å². The van der Waals surface area contributed by atoms with Crippen LogP contribution in [-0.2, 0) is 28.5 Å². The van der Waals surface area contributed by atoms with Crippen LogP contribution in [0.2, 0.25) is 0 Å². The van der Waals surface area contributed by atoms with E-state index in [0.29, 0.717) is 26.2 Å². The highest BCUT2D eigenvalue weighted by Gasteiger charge is 2.32. The van der Waals surface area contributed by atoms with E-state index in [1.807, 2.05) is 0 Å². The Labute approximate surface area is 174 Å². The SMILES string of the molecule is COC(=O)N[C@H](C(=O)O)[C@@H]1CCCOC1.COC(=O)N[C@H](C(=O)O)[C@H]1CCCCO1. The third kappa shape index (κ3) is 8.82. The number of aliphatic carboxylic acids is 2. The van der Waals surface area contributed by atoms with Crippen molar-refractivity contribution >= 4 is 24.1 Å². The number of ether oxygens (including phenoxy) is 4. The van der Waals surface area contributed by atoms with Crippen molar-refractivity contribution in [1.29, 1.82) is 0 Å². The summed E-state index contributed by atoms with van der Waals surface area (Å²) in [5.41, 5.74) is 0. The molecule has 172 valence electrons. The summed E-state index contributed by atoms with van der Waals surface area (Å²) in [5.74, 6) is -2.35. The molecular weight excluding hydrogens is 404 g/mol. The predicted molar refractivity (Wildman–Crippen MR) is 101 cm³/mol. The van der Waals surface area contributed by atoms with Gasteiger partial charge in [-0.15, -0.1) is 0 Å². The van der Waals surface area contributed by atoms with Gasteiger partial charge in [-0.05, 0) is 32.1 Å². The number of hydrogen-bond donors (Lipinski definition) is 4. The minimum Gasteiger partial charge on any atom is -0.480 e. The van der Waals surface area contributed by atoms with Gasteiger partial charge in [0.2, 0.25) is 0 Å². The Hall–Kier alpha value is -2.60. The van der Waals surface area contributed by atoms with E-state index in [-0.39, 0.29) is 5.92 Å². The van der Waals surface area contributed by atoms with E-state index in [1.54, 1.807) is 0 Å². The van der Waals surface area contributed by atoms with Crippen molar-refractivity contribution in [2.45, 2.75) is 50.3 Å². The van der Waals surface area contributed by atoms with E-state index < -0.39 is 42.3 Å². The maximum atomic E-state index is 10.9. The monoisotopic (exact) mass is 434 g/mol. The number of alkyl carbamates (subject to hydrolysis) is 2. The lowest BCUT2D eigenvalue weighted by Crippen LogP contribution is -2.50. The molecule has 0 radical (unpaired) electrons. The van der Waals surface area contributed by atoms with Crippen molar-refractivity contribution in [3.05, 3.63) is 0 Å². The molecule has 0 bridgehead atoms. The molecule has 0 aromatic rings. The van der Waals surface area contributed by atoms with E-state index in [1.165, 1.54) is 14.2 Å². The molecule has 2 heterocycles. The highest BCUT2D eigenvalue weighted by molar-refractivity contribution is 5.81. The number of carboxylic acids is 2. The van der Waals surface area contributed by atoms with Gasteiger partial charge in [-0.3, -0.25) is 0 Å². The smallest absolute Gasteiger partial charge is 0.407 e. The van der Waals surface area contributed by atoms with Gasteiger partial charge in [-0.25, -0.2) is 19.2 Å². The summed E-state index contributed by atoms with van der Waals surface area (Å²) in [6.07, 6.45) is 2.09. The topological polar surface area (TPSA) is 170 Å². The number of carboxylic acid groups (broad SMARTS) is 2. The first-order valence-corrected chi connectivity index (χ1v) is 9.64. The van der Waals surface area contributed by atoms with Crippen molar-refractivity contribution in [1.82, 2.24) is 10.6 Å². The second-order valence-corrected chi connectivity index (χ2v) is 6.79. The van der Waals surface area contributed by atoms with Crippen molar-refractivity contribution < 1.29 is 48.3 Å². The second-order valence-electron chi connectivity index (χ2n) is 6.79. The first-order chi connectivity index (χ1) is 14.3. The molecule has 4 N–H and O–H groups in total. The molecule has 2 rings (SSSR count). The number of rotatable bonds is 6. The molecule has 0 spiro atoms. The Bertz CT molecular complexity index is 523. The van der Waals surface area contributed by atoms with Crippen LogP contribution in [0, 0.1) is 5.92 Å². The molecule has 0 saturated carbocycles. The van der Waals surface area contributed by atoms with E-state index in [0.717, 1.165) is 25.7 Å². The van der Waals surface area contributed by atoms with Crippen LogP contribution < -0.4 is 10.6 Å². The van der Waals surface area contributed by atoms with Crippen LogP contribution in [0.25, 0.3) is 0 Å². The minimum atomic E-state index is -1.10. The molecule has 2 fully saturated rings. The molecule has 12 heteroatoms. The molecule has 0 unspecified atom stereocenters. The number of nitrogens with one attached hydrogen (secondary N) is 2. The van der Waals surface area contributed by atoms with E-state index in [2.05, 4.69) is 20.1 Å². The van der Waals surface area contributed by atoms with Gasteiger partial charge in [0.05, 0.1) is 26.9 Å². The van der Waals surface area contributed by atoms with Crippen LogP contribution in [0.4, 0.5) is 9.59 Å². The zero-order valence-electron chi connectivity index (χ0n) is 17.1. The number of amides is 2. The van der Waals surface area contributed by atoms with E-state index in [9.17, 15) is 19.2 Å². The summed E-state index contributed by atoms with van der Waals surface area (Å²) in [5, 5.41) is 22.4. The third-order valence-electron chi connectivity index (χ3n) is 4.70. The number of methoxy groups -OCH3 is 2. The number of hydrogen-bond acceptors (Lipinski definition) is 8. The van der Waals surface area contributed by atoms with E-state index in [4.69, 9.17) is 19.7 Å². The standard InChI is InChI=1S/2C9H15NO5/c1-14-9(13)10-7(8(11)12)6-3-2-4-15-5-6;1-14-9(13)10-7(8(11)12)6-4-2-3-5-15-6/h2*6-7H,2-5H2,1H3,(H,10,13)(H,11,12)/t2*6-,7+/m11/s1. The van der Waals surface area contributed by atoms with Gasteiger partial charge in [0.1, 0.15) is 6.04 Å². The lowest BCUT2D eigenvalue weighted by atomic mass is 9.94. The van der Waals surface area contributed by atoms with Crippen molar-refractivity contribution in [3.8, 4) is 0 Å². The molecule has 2 aliphatic rings. The molecule has 12 nitrogen and oxygen atoms in total. The van der Waals surface area contributed by atoms with Crippen LogP contribution in [-0.4, -0.2) is 86.6 Å². The molecule has 0 aliphatic carbocycles. The third-order valence-corrected chi connectivity index (χ3v) is 4.70. The Morgan fingerprint density at radius 1 is 0.867 bits per heavy atom. The zero-order valence-corrected chi connectivity index (χ0v) is 17.1. The lowest BCUT2D eigenvalue weighted by Gasteiger charge is -2.27. The van der Waals surface area contributed by atoms with Crippen molar-refractivity contribution in [2.24, 2.45) is 5.92 Å². The maximum Gasteiger partial charge on any atom is 0.407 e. The highest BCUT2D eigenvalue weighted by atomic mass is 16.5. The summed E-state index contributed by atoms with van der Waals surface area (Å²) in [4.78, 5) is 43.7. The van der Waals surface area contributed by atoms with Crippen LogP contribution in [0.1, 0.15) is 32.1 Å². The second kappa shape index (κ2) is 13.6. The summed E-state index contributed by atoms with van der Waals surface area (Å²) >= 11 is 0. The fourth-order valence-corrected chi connectivity index (χ4v) is 3.12. The fourth-order valence-electron chi connectivity index (χ4n) is 3.12. The summed E-state index contributed by atoms with van der Waals surface area (Å²) in [7, 11) is 2.39. The zero-order chi connectivity index (χ0) is 22.5. The Morgan fingerprint density at radius 3 is 1.90 bits per heavy atom. The largest absolute Gasteiger partial charge is 0.480 e. The van der Waals surface area contributed by atoms with Gasteiger partial charge < -0.3 is 39.8 Å². The Kier molecular flexibility index (Phi) is 11.5. The molecule has 30 heavy (non-hydrogen) atoms. The van der Waals surface area contributed by atoms with Crippen LogP contribution in [0.15, 0.2) is 0 Å². The molecule has 0 aromatic heterocycles. The molecule has 2 aliphatic heterocycles. The summed E-state index contributed by atoms with van der Waals surface area (Å²) in [6.45, 7) is 1.55. The molecule has 2 amide bonds. The molecule has 4 atom stereocenters. The lowest BCUT2D eigenvalue weighted by molar-refractivity contribution is -0.145. The quantitative estimate of drug-likeness (QED) is 0.464. The van der Waals surface area contributed by atoms with Gasteiger partial charge in [0, 0.05) is 19.1 Å². The van der Waals surface area contributed by atoms with Gasteiger partial charge in [0.15, 0.2) is 6.04 Å². The predicted octanol–water partition coefficient (Wildman–Crippen LogP) is 0.587. The number of carbonyl (C=O) groups is 4. The van der Waals surface area contributed by atoms with Gasteiger partial charge in [-0.2, -0.15) is 0 Å². The molecular formula is C18H30N2O10. The average molecular weight is 434 g/mol. The maximum absolute atomic E-state index is 10.9. The van der Waals surface area contributed by atoms with Crippen LogP contribution in [0.3, 0.4) is 0 Å². The molecule has 2 saturated heterocycles. The summed E-state index contributed by atoms with van der Waals surface area (Å²) < 4.78 is 19.2. The first kappa shape index (κ1) is 25.4. The normalized spacial score (nSPS) is 22.9. The Morgan fingerprint density at radius 2 is 1.47 bits per heavy atom. The first-order valence-electron chi connectivity index (χ1n) is 9.64. The fraction of sp³-hybridized carbons (Fsp3) is 0.778. The summed E-state index contributed by atoms with van der Waals surface area (Å²) in [6, 6.07) is -1.96. The van der Waals surface area contributed by atoms with Crippen LogP contribution in [0.5, 0.6) is 0 Å².